The third-order valence-corrected chi connectivity index (χ3v) is 3.14. The Balaban J connectivity index is 2.18. The Morgan fingerprint density at radius 1 is 1.45 bits per heavy atom. The molecule has 0 saturated heterocycles. The van der Waals surface area contributed by atoms with Crippen molar-refractivity contribution in [2.24, 2.45) is 0 Å². The van der Waals surface area contributed by atoms with E-state index in [0.717, 1.165) is 11.3 Å². The fourth-order valence-corrected chi connectivity index (χ4v) is 1.94. The number of hydrogen-bond acceptors (Lipinski definition) is 4. The number of aromatic nitrogens is 2. The molecule has 0 radical (unpaired) electrons. The molecule has 0 bridgehead atoms. The number of nitrogens with zero attached hydrogens (tertiary/aromatic N) is 2. The highest BCUT2D eigenvalue weighted by Gasteiger charge is 2.20. The van der Waals surface area contributed by atoms with Crippen LogP contribution in [0.5, 0.6) is 5.75 Å². The molecule has 3 N–H and O–H groups in total. The van der Waals surface area contributed by atoms with Crippen LogP contribution in [0.3, 0.4) is 0 Å². The zero-order chi connectivity index (χ0) is 14.7. The highest BCUT2D eigenvalue weighted by atomic mass is 16.5. The molecule has 2 aromatic rings. The Hall–Kier alpha value is -2.50. The Bertz CT molecular complexity index is 621. The minimum absolute atomic E-state index is 0.224. The van der Waals surface area contributed by atoms with Gasteiger partial charge >= 0.3 is 0 Å². The zero-order valence-electron chi connectivity index (χ0n) is 11.8. The average Bonchev–Trinajstić information content (AvgIpc) is 2.78. The number of carbonyl (C=O) groups is 1. The molecule has 20 heavy (non-hydrogen) atoms. The Kier molecular flexibility index (Phi) is 3.93. The van der Waals surface area contributed by atoms with Gasteiger partial charge in [0.05, 0.1) is 18.5 Å². The minimum Gasteiger partial charge on any atom is -0.496 e. The third kappa shape index (κ3) is 2.59. The molecule has 0 fully saturated rings. The van der Waals surface area contributed by atoms with E-state index in [1.54, 1.807) is 26.0 Å². The van der Waals surface area contributed by atoms with E-state index in [0.29, 0.717) is 17.9 Å². The van der Waals surface area contributed by atoms with Crippen molar-refractivity contribution in [1.29, 1.82) is 0 Å². The van der Waals surface area contributed by atoms with Gasteiger partial charge in [0.1, 0.15) is 5.75 Å². The SMILES string of the molecule is COc1ccccc1CN(C)C(=O)c1n[nH]c(C)c1N. The van der Waals surface area contributed by atoms with E-state index in [1.807, 2.05) is 24.3 Å². The van der Waals surface area contributed by atoms with Gasteiger partial charge in [-0.15, -0.1) is 0 Å². The lowest BCUT2D eigenvalue weighted by atomic mass is 10.2. The van der Waals surface area contributed by atoms with E-state index in [1.165, 1.54) is 0 Å². The number of H-pyrrole nitrogens is 1. The lowest BCUT2D eigenvalue weighted by Crippen LogP contribution is -2.27. The van der Waals surface area contributed by atoms with Gasteiger partial charge in [0.15, 0.2) is 5.69 Å². The van der Waals surface area contributed by atoms with Crippen molar-refractivity contribution in [1.82, 2.24) is 15.1 Å². The van der Waals surface area contributed by atoms with E-state index in [9.17, 15) is 4.79 Å². The van der Waals surface area contributed by atoms with Crippen molar-refractivity contribution in [2.75, 3.05) is 19.9 Å². The smallest absolute Gasteiger partial charge is 0.276 e. The first-order chi connectivity index (χ1) is 9.54. The fourth-order valence-electron chi connectivity index (χ4n) is 1.94. The molecule has 0 spiro atoms. The fraction of sp³-hybridized carbons (Fsp3) is 0.286. The number of anilines is 1. The normalized spacial score (nSPS) is 10.3. The standard InChI is InChI=1S/C14H18N4O2/c1-9-12(15)13(17-16-9)14(19)18(2)8-10-6-4-5-7-11(10)20-3/h4-7H,8,15H2,1-3H3,(H,16,17). The number of hydrogen-bond donors (Lipinski definition) is 2. The van der Waals surface area contributed by atoms with Gasteiger partial charge in [-0.2, -0.15) is 5.10 Å². The quantitative estimate of drug-likeness (QED) is 0.886. The maximum atomic E-state index is 12.3. The van der Waals surface area contributed by atoms with Crippen LogP contribution in [0.2, 0.25) is 0 Å². The van der Waals surface area contributed by atoms with Gasteiger partial charge in [0.2, 0.25) is 0 Å². The number of aromatic amines is 1. The first-order valence-electron chi connectivity index (χ1n) is 6.22. The highest BCUT2D eigenvalue weighted by Crippen LogP contribution is 2.20. The van der Waals surface area contributed by atoms with Crippen LogP contribution in [0, 0.1) is 6.92 Å². The van der Waals surface area contributed by atoms with E-state index in [4.69, 9.17) is 10.5 Å². The summed E-state index contributed by atoms with van der Waals surface area (Å²) in [6, 6.07) is 7.57. The van der Waals surface area contributed by atoms with Crippen LogP contribution in [-0.2, 0) is 6.54 Å². The first kappa shape index (κ1) is 13.9. The number of benzene rings is 1. The van der Waals surface area contributed by atoms with Crippen molar-refractivity contribution in [3.05, 3.63) is 41.2 Å². The topological polar surface area (TPSA) is 84.2 Å². The minimum atomic E-state index is -0.224. The Morgan fingerprint density at radius 2 is 2.15 bits per heavy atom. The van der Waals surface area contributed by atoms with E-state index in [2.05, 4.69) is 10.2 Å². The van der Waals surface area contributed by atoms with Crippen LogP contribution in [0.1, 0.15) is 21.7 Å². The number of rotatable bonds is 4. The molecule has 106 valence electrons. The first-order valence-corrected chi connectivity index (χ1v) is 6.22. The monoisotopic (exact) mass is 274 g/mol. The Labute approximate surface area is 117 Å². The van der Waals surface area contributed by atoms with Crippen LogP contribution >= 0.6 is 0 Å². The maximum absolute atomic E-state index is 12.3. The van der Waals surface area contributed by atoms with E-state index >= 15 is 0 Å². The molecular formula is C14H18N4O2. The molecule has 6 heteroatoms. The summed E-state index contributed by atoms with van der Waals surface area (Å²) in [5.74, 6) is 0.524. The number of ether oxygens (including phenoxy) is 1. The van der Waals surface area contributed by atoms with Crippen LogP contribution in [-0.4, -0.2) is 35.2 Å². The lowest BCUT2D eigenvalue weighted by Gasteiger charge is -2.18. The second-order valence-electron chi connectivity index (χ2n) is 4.58. The van der Waals surface area contributed by atoms with Crippen molar-refractivity contribution in [3.63, 3.8) is 0 Å². The number of methoxy groups -OCH3 is 1. The number of para-hydroxylation sites is 1. The molecule has 1 amide bonds. The summed E-state index contributed by atoms with van der Waals surface area (Å²) in [5, 5.41) is 6.66. The average molecular weight is 274 g/mol. The summed E-state index contributed by atoms with van der Waals surface area (Å²) in [7, 11) is 3.31. The molecule has 0 atom stereocenters. The second-order valence-corrected chi connectivity index (χ2v) is 4.58. The summed E-state index contributed by atoms with van der Waals surface area (Å²) < 4.78 is 5.28. The summed E-state index contributed by atoms with van der Waals surface area (Å²) in [4.78, 5) is 13.9. The molecule has 0 saturated carbocycles. The molecule has 1 aromatic heterocycles. The number of amides is 1. The summed E-state index contributed by atoms with van der Waals surface area (Å²) in [5.41, 5.74) is 8.09. The predicted octanol–water partition coefficient (Wildman–Crippen LogP) is 1.58. The Morgan fingerprint density at radius 3 is 2.75 bits per heavy atom. The van der Waals surface area contributed by atoms with Crippen molar-refractivity contribution in [3.8, 4) is 5.75 Å². The van der Waals surface area contributed by atoms with Crippen LogP contribution in [0.25, 0.3) is 0 Å². The predicted molar refractivity (Wildman–Crippen MR) is 76.5 cm³/mol. The number of nitrogens with one attached hydrogen (secondary N) is 1. The van der Waals surface area contributed by atoms with Crippen molar-refractivity contribution in [2.45, 2.75) is 13.5 Å². The highest BCUT2D eigenvalue weighted by molar-refractivity contribution is 5.97. The summed E-state index contributed by atoms with van der Waals surface area (Å²) in [6.45, 7) is 2.20. The molecule has 0 aliphatic heterocycles. The van der Waals surface area contributed by atoms with Crippen molar-refractivity contribution >= 4 is 11.6 Å². The summed E-state index contributed by atoms with van der Waals surface area (Å²) >= 11 is 0. The van der Waals surface area contributed by atoms with Crippen LogP contribution in [0.15, 0.2) is 24.3 Å². The number of aryl methyl sites for hydroxylation is 1. The van der Waals surface area contributed by atoms with Crippen molar-refractivity contribution < 1.29 is 9.53 Å². The van der Waals surface area contributed by atoms with Gasteiger partial charge in [-0.1, -0.05) is 18.2 Å². The second kappa shape index (κ2) is 5.64. The van der Waals surface area contributed by atoms with Gasteiger partial charge in [-0.3, -0.25) is 9.89 Å². The molecule has 1 aromatic carbocycles. The van der Waals surface area contributed by atoms with Gasteiger partial charge in [0.25, 0.3) is 5.91 Å². The van der Waals surface area contributed by atoms with Gasteiger partial charge in [0, 0.05) is 19.2 Å². The molecule has 0 aliphatic carbocycles. The van der Waals surface area contributed by atoms with Crippen LogP contribution in [0.4, 0.5) is 5.69 Å². The van der Waals surface area contributed by atoms with Gasteiger partial charge in [-0.25, -0.2) is 0 Å². The largest absolute Gasteiger partial charge is 0.496 e. The molecule has 6 nitrogen and oxygen atoms in total. The maximum Gasteiger partial charge on any atom is 0.276 e. The molecule has 0 unspecified atom stereocenters. The number of nitrogen functional groups attached to an aromatic ring is 1. The number of carbonyl (C=O) groups excluding carboxylic acids is 1. The molecular weight excluding hydrogens is 256 g/mol. The van der Waals surface area contributed by atoms with E-state index < -0.39 is 0 Å². The van der Waals surface area contributed by atoms with E-state index in [-0.39, 0.29) is 11.6 Å². The zero-order valence-corrected chi connectivity index (χ0v) is 11.8. The van der Waals surface area contributed by atoms with Gasteiger partial charge < -0.3 is 15.4 Å². The molecule has 1 heterocycles. The third-order valence-electron chi connectivity index (χ3n) is 3.14. The number of nitrogens with two attached hydrogens (primary N) is 1. The summed E-state index contributed by atoms with van der Waals surface area (Å²) in [6.07, 6.45) is 0. The van der Waals surface area contributed by atoms with Crippen LogP contribution < -0.4 is 10.5 Å². The molecule has 2 rings (SSSR count). The lowest BCUT2D eigenvalue weighted by molar-refractivity contribution is 0.0779. The molecule has 0 aliphatic rings. The van der Waals surface area contributed by atoms with Gasteiger partial charge in [-0.05, 0) is 13.0 Å².